The normalized spacial score (nSPS) is 10.6. The van der Waals surface area contributed by atoms with E-state index in [0.717, 1.165) is 10.8 Å². The molecule has 3 aromatic rings. The van der Waals surface area contributed by atoms with Crippen LogP contribution in [0.25, 0.3) is 10.8 Å². The molecule has 0 aliphatic heterocycles. The summed E-state index contributed by atoms with van der Waals surface area (Å²) in [4.78, 5) is 14.5. The average Bonchev–Trinajstić information content (AvgIpc) is 2.53. The number of nitrogens with zero attached hydrogens (tertiary/aromatic N) is 2. The summed E-state index contributed by atoms with van der Waals surface area (Å²) in [5, 5.41) is 12.9. The topological polar surface area (TPSA) is 65.3 Å². The lowest BCUT2D eigenvalue weighted by Gasteiger charge is -2.10. The Bertz CT molecular complexity index is 846. The van der Waals surface area contributed by atoms with Crippen molar-refractivity contribution in [1.29, 1.82) is 0 Å². The van der Waals surface area contributed by atoms with Crippen LogP contribution in [0.3, 0.4) is 0 Å². The number of hydrogen-bond donors (Lipinski definition) is 0. The zero-order chi connectivity index (χ0) is 15.5. The van der Waals surface area contributed by atoms with Crippen LogP contribution in [-0.2, 0) is 6.61 Å². The van der Waals surface area contributed by atoms with Crippen molar-refractivity contribution in [2.24, 2.45) is 0 Å². The summed E-state index contributed by atoms with van der Waals surface area (Å²) in [6, 6.07) is 12.2. The Morgan fingerprint density at radius 2 is 2.00 bits per heavy atom. The molecule has 0 bridgehead atoms. The van der Waals surface area contributed by atoms with Gasteiger partial charge < -0.3 is 4.74 Å². The predicted molar refractivity (Wildman–Crippen MR) is 84.2 cm³/mol. The summed E-state index contributed by atoms with van der Waals surface area (Å²) in [5.41, 5.74) is 0.451. The molecule has 0 radical (unpaired) electrons. The molecule has 2 aromatic carbocycles. The third kappa shape index (κ3) is 2.71. The molecule has 22 heavy (non-hydrogen) atoms. The van der Waals surface area contributed by atoms with Crippen LogP contribution in [-0.4, -0.2) is 9.91 Å². The number of aromatic nitrogens is 1. The number of fused-ring (bicyclic) bond motifs is 1. The average molecular weight is 315 g/mol. The highest BCUT2D eigenvalue weighted by molar-refractivity contribution is 6.33. The van der Waals surface area contributed by atoms with Crippen molar-refractivity contribution in [3.8, 4) is 5.75 Å². The Kier molecular flexibility index (Phi) is 3.89. The first-order valence-electron chi connectivity index (χ1n) is 6.54. The van der Waals surface area contributed by atoms with E-state index in [1.807, 2.05) is 24.3 Å². The van der Waals surface area contributed by atoms with Gasteiger partial charge in [0, 0.05) is 34.8 Å². The fourth-order valence-corrected chi connectivity index (χ4v) is 2.44. The molecule has 5 nitrogen and oxygen atoms in total. The Morgan fingerprint density at radius 1 is 1.18 bits per heavy atom. The van der Waals surface area contributed by atoms with Gasteiger partial charge in [-0.05, 0) is 12.1 Å². The van der Waals surface area contributed by atoms with Crippen molar-refractivity contribution in [3.63, 3.8) is 0 Å². The minimum absolute atomic E-state index is 0.106. The van der Waals surface area contributed by atoms with Crippen LogP contribution in [0.15, 0.2) is 54.9 Å². The summed E-state index contributed by atoms with van der Waals surface area (Å²) < 4.78 is 5.79. The molecule has 0 atom stereocenters. The number of pyridine rings is 1. The highest BCUT2D eigenvalue weighted by atomic mass is 35.5. The first-order chi connectivity index (χ1) is 10.7. The third-order valence-corrected chi connectivity index (χ3v) is 3.72. The van der Waals surface area contributed by atoms with E-state index in [2.05, 4.69) is 4.98 Å². The molecule has 1 aromatic heterocycles. The quantitative estimate of drug-likeness (QED) is 0.529. The van der Waals surface area contributed by atoms with E-state index in [4.69, 9.17) is 16.3 Å². The summed E-state index contributed by atoms with van der Waals surface area (Å²) >= 11 is 6.06. The fourth-order valence-electron chi connectivity index (χ4n) is 2.19. The molecule has 0 unspecified atom stereocenters. The van der Waals surface area contributed by atoms with E-state index in [1.165, 1.54) is 6.07 Å². The van der Waals surface area contributed by atoms with Crippen LogP contribution in [0.1, 0.15) is 5.56 Å². The Labute approximate surface area is 131 Å². The molecule has 0 N–H and O–H groups in total. The Morgan fingerprint density at radius 3 is 2.82 bits per heavy atom. The van der Waals surface area contributed by atoms with Crippen LogP contribution >= 0.6 is 11.6 Å². The summed E-state index contributed by atoms with van der Waals surface area (Å²) in [6.07, 6.45) is 3.44. The van der Waals surface area contributed by atoms with Crippen LogP contribution in [0, 0.1) is 10.1 Å². The van der Waals surface area contributed by atoms with E-state index >= 15 is 0 Å². The molecule has 0 fully saturated rings. The van der Waals surface area contributed by atoms with Gasteiger partial charge in [0.1, 0.15) is 17.4 Å². The van der Waals surface area contributed by atoms with Crippen molar-refractivity contribution in [3.05, 3.63) is 75.6 Å². The number of nitro groups is 1. The van der Waals surface area contributed by atoms with Crippen molar-refractivity contribution in [2.45, 2.75) is 6.61 Å². The molecule has 3 rings (SSSR count). The molecule has 0 saturated heterocycles. The maximum atomic E-state index is 10.9. The van der Waals surface area contributed by atoms with Crippen LogP contribution < -0.4 is 4.74 Å². The van der Waals surface area contributed by atoms with Crippen molar-refractivity contribution in [2.75, 3.05) is 0 Å². The van der Waals surface area contributed by atoms with Crippen molar-refractivity contribution >= 4 is 28.1 Å². The van der Waals surface area contributed by atoms with Gasteiger partial charge in [-0.3, -0.25) is 15.1 Å². The number of ether oxygens (including phenoxy) is 1. The molecule has 110 valence electrons. The number of nitro benzene ring substituents is 1. The first kappa shape index (κ1) is 14.3. The monoisotopic (exact) mass is 314 g/mol. The minimum atomic E-state index is -0.505. The predicted octanol–water partition coefficient (Wildman–Crippen LogP) is 4.38. The highest BCUT2D eigenvalue weighted by Crippen LogP contribution is 2.30. The smallest absolute Gasteiger partial charge is 0.288 e. The zero-order valence-electron chi connectivity index (χ0n) is 11.4. The number of rotatable bonds is 4. The lowest BCUT2D eigenvalue weighted by atomic mass is 10.1. The second-order valence-electron chi connectivity index (χ2n) is 4.65. The molecule has 0 aliphatic rings. The molecule has 0 spiro atoms. The van der Waals surface area contributed by atoms with E-state index in [0.29, 0.717) is 11.3 Å². The lowest BCUT2D eigenvalue weighted by Crippen LogP contribution is -1.99. The molecule has 6 heteroatoms. The SMILES string of the molecule is O=[N+]([O-])c1cccc(COc2cccc3cnccc23)c1Cl. The van der Waals surface area contributed by atoms with Gasteiger partial charge in [0.15, 0.2) is 0 Å². The van der Waals surface area contributed by atoms with E-state index < -0.39 is 4.92 Å². The van der Waals surface area contributed by atoms with Crippen molar-refractivity contribution in [1.82, 2.24) is 4.98 Å². The molecular weight excluding hydrogens is 304 g/mol. The van der Waals surface area contributed by atoms with Gasteiger partial charge in [-0.1, -0.05) is 35.9 Å². The van der Waals surface area contributed by atoms with Crippen molar-refractivity contribution < 1.29 is 9.66 Å². The Hall–Kier alpha value is -2.66. The largest absolute Gasteiger partial charge is 0.488 e. The minimum Gasteiger partial charge on any atom is -0.488 e. The molecule has 0 aliphatic carbocycles. The van der Waals surface area contributed by atoms with Gasteiger partial charge in [0.05, 0.1) is 4.92 Å². The standard InChI is InChI=1S/C16H11ClN2O3/c17-16-12(4-1-5-14(16)19(20)21)10-22-15-6-2-3-11-9-18-8-7-13(11)15/h1-9H,10H2. The number of benzene rings is 2. The first-order valence-corrected chi connectivity index (χ1v) is 6.92. The summed E-state index contributed by atoms with van der Waals surface area (Å²) in [5.74, 6) is 0.683. The lowest BCUT2D eigenvalue weighted by molar-refractivity contribution is -0.384. The second kappa shape index (κ2) is 5.99. The zero-order valence-corrected chi connectivity index (χ0v) is 12.2. The fraction of sp³-hybridized carbons (Fsp3) is 0.0625. The highest BCUT2D eigenvalue weighted by Gasteiger charge is 2.15. The van der Waals surface area contributed by atoms with Gasteiger partial charge in [-0.2, -0.15) is 0 Å². The number of halogens is 1. The molecule has 1 heterocycles. The Balaban J connectivity index is 1.89. The number of hydrogen-bond acceptors (Lipinski definition) is 4. The van der Waals surface area contributed by atoms with Crippen LogP contribution in [0.2, 0.25) is 5.02 Å². The van der Waals surface area contributed by atoms with Gasteiger partial charge in [-0.25, -0.2) is 0 Å². The van der Waals surface area contributed by atoms with Crippen LogP contribution in [0.4, 0.5) is 5.69 Å². The summed E-state index contributed by atoms with van der Waals surface area (Å²) in [6.45, 7) is 0.155. The van der Waals surface area contributed by atoms with Gasteiger partial charge in [-0.15, -0.1) is 0 Å². The van der Waals surface area contributed by atoms with Gasteiger partial charge in [0.25, 0.3) is 5.69 Å². The van der Waals surface area contributed by atoms with Gasteiger partial charge in [0.2, 0.25) is 0 Å². The van der Waals surface area contributed by atoms with E-state index in [1.54, 1.807) is 24.5 Å². The molecule has 0 amide bonds. The molecular formula is C16H11ClN2O3. The maximum absolute atomic E-state index is 10.9. The summed E-state index contributed by atoms with van der Waals surface area (Å²) in [7, 11) is 0. The van der Waals surface area contributed by atoms with Crippen LogP contribution in [0.5, 0.6) is 5.75 Å². The molecule has 0 saturated carbocycles. The maximum Gasteiger partial charge on any atom is 0.288 e. The van der Waals surface area contributed by atoms with E-state index in [-0.39, 0.29) is 17.3 Å². The van der Waals surface area contributed by atoms with Gasteiger partial charge >= 0.3 is 0 Å². The second-order valence-corrected chi connectivity index (χ2v) is 5.03. The van der Waals surface area contributed by atoms with E-state index in [9.17, 15) is 10.1 Å². The third-order valence-electron chi connectivity index (χ3n) is 3.28.